The minimum Gasteiger partial charge on any atom is -0.481 e. The molecule has 2 N–H and O–H groups in total. The molecule has 0 aliphatic carbocycles. The molecule has 1 aromatic rings. The number of hydrogen-bond donors (Lipinski definition) is 2. The van der Waals surface area contributed by atoms with Gasteiger partial charge in [0.2, 0.25) is 0 Å². The Hall–Kier alpha value is -2.42. The first kappa shape index (κ1) is 14.6. The smallest absolute Gasteiger partial charge is 0.307 e. The standard InChI is InChI=1S/C16H17NO2/c1-3-14(15-6-4-5-12(2)9-15)8-7-13(11-17)10-16(18)19/h3-9,11,17H,1,10H2,2H3,(H,18,19)/b13-7?,14-8+,17-11?. The van der Waals surface area contributed by atoms with Gasteiger partial charge in [0.15, 0.2) is 0 Å². The number of carboxylic acid groups (broad SMARTS) is 1. The van der Waals surface area contributed by atoms with Gasteiger partial charge in [0.25, 0.3) is 0 Å². The molecule has 1 rings (SSSR count). The van der Waals surface area contributed by atoms with Crippen LogP contribution in [0.4, 0.5) is 0 Å². The molecule has 0 fully saturated rings. The second-order valence-electron chi connectivity index (χ2n) is 4.15. The van der Waals surface area contributed by atoms with Gasteiger partial charge < -0.3 is 10.5 Å². The van der Waals surface area contributed by atoms with E-state index in [4.69, 9.17) is 10.5 Å². The molecular formula is C16H17NO2. The number of carbonyl (C=O) groups is 1. The summed E-state index contributed by atoms with van der Waals surface area (Å²) >= 11 is 0. The van der Waals surface area contributed by atoms with E-state index in [1.807, 2.05) is 31.2 Å². The second kappa shape index (κ2) is 7.11. The minimum atomic E-state index is -0.946. The molecule has 98 valence electrons. The summed E-state index contributed by atoms with van der Waals surface area (Å²) in [5.74, 6) is -0.946. The summed E-state index contributed by atoms with van der Waals surface area (Å²) in [6, 6.07) is 7.96. The topological polar surface area (TPSA) is 61.2 Å². The Bertz CT molecular complexity index is 554. The molecule has 3 nitrogen and oxygen atoms in total. The Balaban J connectivity index is 3.05. The number of allylic oxidation sites excluding steroid dienone is 4. The van der Waals surface area contributed by atoms with E-state index in [0.29, 0.717) is 5.57 Å². The first-order valence-corrected chi connectivity index (χ1v) is 5.89. The van der Waals surface area contributed by atoms with Gasteiger partial charge in [-0.05, 0) is 23.6 Å². The van der Waals surface area contributed by atoms with Gasteiger partial charge in [-0.2, -0.15) is 0 Å². The van der Waals surface area contributed by atoms with Crippen molar-refractivity contribution in [1.29, 1.82) is 5.41 Å². The summed E-state index contributed by atoms with van der Waals surface area (Å²) in [4.78, 5) is 10.6. The highest BCUT2D eigenvalue weighted by molar-refractivity contribution is 5.86. The molecule has 19 heavy (non-hydrogen) atoms. The third-order valence-corrected chi connectivity index (χ3v) is 2.59. The Labute approximate surface area is 113 Å². The highest BCUT2D eigenvalue weighted by atomic mass is 16.4. The van der Waals surface area contributed by atoms with E-state index in [2.05, 4.69) is 6.58 Å². The maximum Gasteiger partial charge on any atom is 0.307 e. The Morgan fingerprint density at radius 3 is 2.68 bits per heavy atom. The van der Waals surface area contributed by atoms with Crippen LogP contribution < -0.4 is 0 Å². The van der Waals surface area contributed by atoms with Gasteiger partial charge in [0, 0.05) is 6.21 Å². The number of benzene rings is 1. The van der Waals surface area contributed by atoms with E-state index >= 15 is 0 Å². The van der Waals surface area contributed by atoms with E-state index in [1.165, 1.54) is 0 Å². The quantitative estimate of drug-likeness (QED) is 0.602. The summed E-state index contributed by atoms with van der Waals surface area (Å²) in [5.41, 5.74) is 3.51. The molecular weight excluding hydrogens is 238 g/mol. The first-order chi connectivity index (χ1) is 9.06. The molecule has 0 aliphatic rings. The number of hydrogen-bond acceptors (Lipinski definition) is 2. The Kier molecular flexibility index (Phi) is 5.48. The third-order valence-electron chi connectivity index (χ3n) is 2.59. The molecule has 1 aromatic carbocycles. The Morgan fingerprint density at radius 1 is 1.42 bits per heavy atom. The van der Waals surface area contributed by atoms with E-state index < -0.39 is 5.97 Å². The molecule has 0 atom stereocenters. The zero-order valence-electron chi connectivity index (χ0n) is 10.9. The van der Waals surface area contributed by atoms with Crippen LogP contribution in [0.2, 0.25) is 0 Å². The molecule has 0 unspecified atom stereocenters. The lowest BCUT2D eigenvalue weighted by molar-refractivity contribution is -0.136. The van der Waals surface area contributed by atoms with Crippen LogP contribution in [-0.2, 0) is 4.79 Å². The zero-order chi connectivity index (χ0) is 14.3. The number of aliphatic carboxylic acids is 1. The van der Waals surface area contributed by atoms with Crippen LogP contribution in [0.15, 0.2) is 54.6 Å². The lowest BCUT2D eigenvalue weighted by atomic mass is 10.0. The van der Waals surface area contributed by atoms with Gasteiger partial charge in [0.1, 0.15) is 0 Å². The highest BCUT2D eigenvalue weighted by Gasteiger charge is 2.01. The van der Waals surface area contributed by atoms with Crippen molar-refractivity contribution < 1.29 is 9.90 Å². The highest BCUT2D eigenvalue weighted by Crippen LogP contribution is 2.17. The van der Waals surface area contributed by atoms with Gasteiger partial charge in [0.05, 0.1) is 6.42 Å². The first-order valence-electron chi connectivity index (χ1n) is 5.89. The molecule has 0 saturated carbocycles. The van der Waals surface area contributed by atoms with Crippen molar-refractivity contribution in [3.63, 3.8) is 0 Å². The van der Waals surface area contributed by atoms with Crippen molar-refractivity contribution in [2.45, 2.75) is 13.3 Å². The summed E-state index contributed by atoms with van der Waals surface area (Å²) < 4.78 is 0. The van der Waals surface area contributed by atoms with Crippen LogP contribution in [0.5, 0.6) is 0 Å². The largest absolute Gasteiger partial charge is 0.481 e. The van der Waals surface area contributed by atoms with E-state index in [-0.39, 0.29) is 6.42 Å². The summed E-state index contributed by atoms with van der Waals surface area (Å²) in [7, 11) is 0. The van der Waals surface area contributed by atoms with E-state index in [0.717, 1.165) is 22.9 Å². The molecule has 0 amide bonds. The number of rotatable bonds is 6. The fraction of sp³-hybridized carbons (Fsp3) is 0.125. The van der Waals surface area contributed by atoms with Crippen LogP contribution in [0.25, 0.3) is 5.57 Å². The van der Waals surface area contributed by atoms with Crippen molar-refractivity contribution in [3.05, 3.63) is 65.8 Å². The molecule has 0 radical (unpaired) electrons. The van der Waals surface area contributed by atoms with Crippen LogP contribution in [0.3, 0.4) is 0 Å². The maximum atomic E-state index is 10.6. The lowest BCUT2D eigenvalue weighted by Crippen LogP contribution is -1.97. The van der Waals surface area contributed by atoms with Crippen LogP contribution >= 0.6 is 0 Å². The van der Waals surface area contributed by atoms with Crippen molar-refractivity contribution in [3.8, 4) is 0 Å². The van der Waals surface area contributed by atoms with E-state index in [9.17, 15) is 4.79 Å². The van der Waals surface area contributed by atoms with Gasteiger partial charge in [-0.3, -0.25) is 4.79 Å². The zero-order valence-corrected chi connectivity index (χ0v) is 10.9. The number of aryl methyl sites for hydroxylation is 1. The molecule has 0 aliphatic heterocycles. The molecule has 0 bridgehead atoms. The molecule has 0 heterocycles. The third kappa shape index (κ3) is 4.76. The second-order valence-corrected chi connectivity index (χ2v) is 4.15. The molecule has 0 saturated heterocycles. The van der Waals surface area contributed by atoms with Crippen LogP contribution in [-0.4, -0.2) is 17.3 Å². The van der Waals surface area contributed by atoms with Gasteiger partial charge in [-0.25, -0.2) is 0 Å². The van der Waals surface area contributed by atoms with Crippen molar-refractivity contribution in [1.82, 2.24) is 0 Å². The average Bonchev–Trinajstić information content (AvgIpc) is 2.37. The van der Waals surface area contributed by atoms with Crippen molar-refractivity contribution in [2.75, 3.05) is 0 Å². The molecule has 0 aromatic heterocycles. The monoisotopic (exact) mass is 255 g/mol. The Morgan fingerprint density at radius 2 is 2.16 bits per heavy atom. The molecule has 3 heteroatoms. The fourth-order valence-electron chi connectivity index (χ4n) is 1.64. The predicted molar refractivity (Wildman–Crippen MR) is 78.5 cm³/mol. The number of nitrogens with one attached hydrogen (secondary N) is 1. The summed E-state index contributed by atoms with van der Waals surface area (Å²) in [6.07, 6.45) is 6.04. The van der Waals surface area contributed by atoms with Crippen LogP contribution in [0, 0.1) is 12.3 Å². The van der Waals surface area contributed by atoms with Crippen LogP contribution in [0.1, 0.15) is 17.5 Å². The van der Waals surface area contributed by atoms with Gasteiger partial charge >= 0.3 is 5.97 Å². The van der Waals surface area contributed by atoms with E-state index in [1.54, 1.807) is 18.2 Å². The maximum absolute atomic E-state index is 10.6. The normalized spacial score (nSPS) is 12.1. The average molecular weight is 255 g/mol. The van der Waals surface area contributed by atoms with Crippen molar-refractivity contribution >= 4 is 17.8 Å². The van der Waals surface area contributed by atoms with Gasteiger partial charge in [-0.1, -0.05) is 54.6 Å². The molecule has 0 spiro atoms. The SMILES string of the molecule is C=C/C(=C\C=C(C=N)CC(=O)O)c1cccc(C)c1. The summed E-state index contributed by atoms with van der Waals surface area (Å²) in [5, 5.41) is 15.9. The minimum absolute atomic E-state index is 0.155. The lowest BCUT2D eigenvalue weighted by Gasteiger charge is -2.03. The fourth-order valence-corrected chi connectivity index (χ4v) is 1.64. The van der Waals surface area contributed by atoms with Crippen molar-refractivity contribution in [2.24, 2.45) is 0 Å². The predicted octanol–water partition coefficient (Wildman–Crippen LogP) is 3.62. The number of carboxylic acids is 1. The summed E-state index contributed by atoms with van der Waals surface area (Å²) in [6.45, 7) is 5.77. The van der Waals surface area contributed by atoms with Gasteiger partial charge in [-0.15, -0.1) is 0 Å².